The highest BCUT2D eigenvalue weighted by atomic mass is 16.2. The summed E-state index contributed by atoms with van der Waals surface area (Å²) in [6, 6.07) is 7.72. The maximum Gasteiger partial charge on any atom is 0.253 e. The molecule has 2 aromatic rings. The fourth-order valence-corrected chi connectivity index (χ4v) is 1.96. The summed E-state index contributed by atoms with van der Waals surface area (Å²) >= 11 is 0. The monoisotopic (exact) mass is 257 g/mol. The van der Waals surface area contributed by atoms with Crippen molar-refractivity contribution < 1.29 is 4.79 Å². The normalized spacial score (nSPS) is 10.5. The third-order valence-electron chi connectivity index (χ3n) is 3.27. The Labute approximate surface area is 113 Å². The smallest absolute Gasteiger partial charge is 0.253 e. The zero-order valence-corrected chi connectivity index (χ0v) is 11.8. The van der Waals surface area contributed by atoms with Crippen LogP contribution in [0.5, 0.6) is 0 Å². The van der Waals surface area contributed by atoms with E-state index in [1.807, 2.05) is 51.4 Å². The van der Waals surface area contributed by atoms with Crippen LogP contribution in [0.15, 0.2) is 30.5 Å². The zero-order chi connectivity index (χ0) is 14.0. The molecule has 1 amide bonds. The lowest BCUT2D eigenvalue weighted by molar-refractivity contribution is 0.0783. The number of benzene rings is 1. The van der Waals surface area contributed by atoms with Crippen LogP contribution in [0, 0.1) is 13.8 Å². The molecule has 0 spiro atoms. The van der Waals surface area contributed by atoms with Crippen LogP contribution in [0.4, 0.5) is 0 Å². The second-order valence-corrected chi connectivity index (χ2v) is 4.94. The molecule has 4 nitrogen and oxygen atoms in total. The van der Waals surface area contributed by atoms with E-state index in [0.717, 1.165) is 16.8 Å². The van der Waals surface area contributed by atoms with Gasteiger partial charge in [-0.15, -0.1) is 0 Å². The van der Waals surface area contributed by atoms with Crippen molar-refractivity contribution in [2.75, 3.05) is 7.05 Å². The Kier molecular flexibility index (Phi) is 3.69. The summed E-state index contributed by atoms with van der Waals surface area (Å²) in [5.41, 5.74) is 3.95. The highest BCUT2D eigenvalue weighted by Crippen LogP contribution is 2.12. The number of hydrogen-bond donors (Lipinski definition) is 0. The van der Waals surface area contributed by atoms with Crippen molar-refractivity contribution in [2.24, 2.45) is 7.05 Å². The van der Waals surface area contributed by atoms with E-state index in [4.69, 9.17) is 0 Å². The number of nitrogens with zero attached hydrogens (tertiary/aromatic N) is 3. The van der Waals surface area contributed by atoms with Gasteiger partial charge in [-0.2, -0.15) is 5.10 Å². The van der Waals surface area contributed by atoms with Gasteiger partial charge in [-0.25, -0.2) is 0 Å². The minimum atomic E-state index is 0.0220. The molecule has 0 radical (unpaired) electrons. The van der Waals surface area contributed by atoms with Crippen LogP contribution in [0.1, 0.15) is 27.2 Å². The largest absolute Gasteiger partial charge is 0.336 e. The molecule has 0 saturated heterocycles. The van der Waals surface area contributed by atoms with Crippen LogP contribution >= 0.6 is 0 Å². The average Bonchev–Trinajstić information content (AvgIpc) is 2.77. The molecule has 19 heavy (non-hydrogen) atoms. The summed E-state index contributed by atoms with van der Waals surface area (Å²) in [4.78, 5) is 14.0. The first-order valence-corrected chi connectivity index (χ1v) is 6.28. The van der Waals surface area contributed by atoms with Crippen molar-refractivity contribution >= 4 is 5.91 Å². The molecule has 0 atom stereocenters. The van der Waals surface area contributed by atoms with Crippen molar-refractivity contribution in [1.82, 2.24) is 14.7 Å². The van der Waals surface area contributed by atoms with Crippen molar-refractivity contribution in [3.05, 3.63) is 52.8 Å². The Morgan fingerprint density at radius 2 is 2.00 bits per heavy atom. The molecule has 0 aliphatic carbocycles. The lowest BCUT2D eigenvalue weighted by Gasteiger charge is -2.16. The van der Waals surface area contributed by atoms with Gasteiger partial charge >= 0.3 is 0 Å². The molecule has 0 N–H and O–H groups in total. The van der Waals surface area contributed by atoms with Gasteiger partial charge in [-0.3, -0.25) is 9.48 Å². The van der Waals surface area contributed by atoms with Gasteiger partial charge in [0.1, 0.15) is 0 Å². The number of rotatable bonds is 3. The van der Waals surface area contributed by atoms with Gasteiger partial charge in [-0.05, 0) is 43.2 Å². The molecule has 1 aromatic heterocycles. The summed E-state index contributed by atoms with van der Waals surface area (Å²) in [7, 11) is 3.67. The highest BCUT2D eigenvalue weighted by Gasteiger charge is 2.13. The van der Waals surface area contributed by atoms with Gasteiger partial charge in [0.25, 0.3) is 5.91 Å². The predicted molar refractivity (Wildman–Crippen MR) is 74.9 cm³/mol. The van der Waals surface area contributed by atoms with Crippen molar-refractivity contribution in [2.45, 2.75) is 20.4 Å². The molecule has 0 bridgehead atoms. The Bertz CT molecular complexity index is 601. The van der Waals surface area contributed by atoms with E-state index >= 15 is 0 Å². The van der Waals surface area contributed by atoms with Gasteiger partial charge in [0.05, 0.1) is 12.2 Å². The number of amides is 1. The van der Waals surface area contributed by atoms with E-state index in [0.29, 0.717) is 6.54 Å². The molecule has 0 aliphatic rings. The summed E-state index contributed by atoms with van der Waals surface area (Å²) in [6.45, 7) is 4.58. The third kappa shape index (κ3) is 3.02. The van der Waals surface area contributed by atoms with E-state index in [-0.39, 0.29) is 5.91 Å². The van der Waals surface area contributed by atoms with Gasteiger partial charge in [0.2, 0.25) is 0 Å². The molecule has 1 heterocycles. The molecular formula is C15H19N3O. The van der Waals surface area contributed by atoms with Crippen molar-refractivity contribution in [3.8, 4) is 0 Å². The molecule has 4 heteroatoms. The molecule has 0 saturated carbocycles. The van der Waals surface area contributed by atoms with Gasteiger partial charge in [-0.1, -0.05) is 6.07 Å². The Morgan fingerprint density at radius 1 is 1.26 bits per heavy atom. The van der Waals surface area contributed by atoms with E-state index in [1.54, 1.807) is 16.6 Å². The average molecular weight is 257 g/mol. The Hall–Kier alpha value is -2.10. The first kappa shape index (κ1) is 13.3. The number of aromatic nitrogens is 2. The summed E-state index contributed by atoms with van der Waals surface area (Å²) in [6.07, 6.45) is 1.88. The summed E-state index contributed by atoms with van der Waals surface area (Å²) in [5.74, 6) is 0.0220. The van der Waals surface area contributed by atoms with E-state index in [2.05, 4.69) is 5.10 Å². The van der Waals surface area contributed by atoms with Crippen LogP contribution in [0.25, 0.3) is 0 Å². The lowest BCUT2D eigenvalue weighted by atomic mass is 10.1. The van der Waals surface area contributed by atoms with Crippen LogP contribution in [0.2, 0.25) is 0 Å². The molecule has 100 valence electrons. The van der Waals surface area contributed by atoms with Crippen molar-refractivity contribution in [3.63, 3.8) is 0 Å². The minimum absolute atomic E-state index is 0.0220. The Balaban J connectivity index is 2.12. The maximum atomic E-state index is 12.3. The van der Waals surface area contributed by atoms with E-state index < -0.39 is 0 Å². The second kappa shape index (κ2) is 5.26. The van der Waals surface area contributed by atoms with Crippen LogP contribution < -0.4 is 0 Å². The fourth-order valence-electron chi connectivity index (χ4n) is 1.96. The van der Waals surface area contributed by atoms with Crippen LogP contribution in [-0.4, -0.2) is 27.6 Å². The molecule has 0 unspecified atom stereocenters. The van der Waals surface area contributed by atoms with Gasteiger partial charge in [0, 0.05) is 25.9 Å². The summed E-state index contributed by atoms with van der Waals surface area (Å²) in [5, 5.41) is 4.28. The van der Waals surface area contributed by atoms with E-state index in [1.165, 1.54) is 5.56 Å². The van der Waals surface area contributed by atoms with E-state index in [9.17, 15) is 4.79 Å². The molecule has 1 aromatic carbocycles. The standard InChI is InChI=1S/C15H19N3O/c1-11-5-6-13(9-12(11)2)15(19)17(3)10-14-7-8-18(4)16-14/h5-9H,10H2,1-4H3. The predicted octanol–water partition coefficient (Wildman–Crippen LogP) is 2.31. The van der Waals surface area contributed by atoms with Gasteiger partial charge in [0.15, 0.2) is 0 Å². The van der Waals surface area contributed by atoms with Crippen LogP contribution in [-0.2, 0) is 13.6 Å². The topological polar surface area (TPSA) is 38.1 Å². The molecular weight excluding hydrogens is 238 g/mol. The van der Waals surface area contributed by atoms with Gasteiger partial charge < -0.3 is 4.90 Å². The third-order valence-corrected chi connectivity index (χ3v) is 3.27. The zero-order valence-electron chi connectivity index (χ0n) is 11.8. The number of hydrogen-bond acceptors (Lipinski definition) is 2. The van der Waals surface area contributed by atoms with Crippen molar-refractivity contribution in [1.29, 1.82) is 0 Å². The number of carbonyl (C=O) groups excluding carboxylic acids is 1. The lowest BCUT2D eigenvalue weighted by Crippen LogP contribution is -2.26. The molecule has 0 aliphatic heterocycles. The highest BCUT2D eigenvalue weighted by molar-refractivity contribution is 5.94. The second-order valence-electron chi connectivity index (χ2n) is 4.94. The summed E-state index contributed by atoms with van der Waals surface area (Å²) < 4.78 is 1.74. The molecule has 0 fully saturated rings. The first-order valence-electron chi connectivity index (χ1n) is 6.28. The quantitative estimate of drug-likeness (QED) is 0.846. The fraction of sp³-hybridized carbons (Fsp3) is 0.333. The number of aryl methyl sites for hydroxylation is 3. The number of carbonyl (C=O) groups is 1. The minimum Gasteiger partial charge on any atom is -0.336 e. The SMILES string of the molecule is Cc1ccc(C(=O)N(C)Cc2ccn(C)n2)cc1C. The Morgan fingerprint density at radius 3 is 2.58 bits per heavy atom. The maximum absolute atomic E-state index is 12.3. The first-order chi connectivity index (χ1) is 8.97. The molecule has 2 rings (SSSR count). The van der Waals surface area contributed by atoms with Crippen LogP contribution in [0.3, 0.4) is 0 Å².